The molecule has 0 saturated heterocycles. The molecule has 0 fully saturated rings. The molecule has 0 bridgehead atoms. The van der Waals surface area contributed by atoms with E-state index in [0.717, 1.165) is 5.56 Å². The first kappa shape index (κ1) is 16.1. The van der Waals surface area contributed by atoms with Gasteiger partial charge in [0.15, 0.2) is 11.5 Å². The van der Waals surface area contributed by atoms with E-state index in [-0.39, 0.29) is 30.5 Å². The van der Waals surface area contributed by atoms with Gasteiger partial charge in [0.1, 0.15) is 0 Å². The summed E-state index contributed by atoms with van der Waals surface area (Å²) in [5, 5.41) is 10.5. The first-order valence-corrected chi connectivity index (χ1v) is 7.99. The molecule has 1 heterocycles. The van der Waals surface area contributed by atoms with Crippen LogP contribution in [0.5, 0.6) is 0 Å². The Balaban J connectivity index is 1.82. The van der Waals surface area contributed by atoms with Crippen LogP contribution in [0, 0.1) is 0 Å². The van der Waals surface area contributed by atoms with Crippen LogP contribution in [0.2, 0.25) is 5.02 Å². The molecule has 23 heavy (non-hydrogen) atoms. The van der Waals surface area contributed by atoms with Crippen molar-refractivity contribution in [3.63, 3.8) is 0 Å². The van der Waals surface area contributed by atoms with Crippen LogP contribution in [0.15, 0.2) is 42.6 Å². The lowest BCUT2D eigenvalue weighted by atomic mass is 9.77. The number of fused-ring (bicyclic) bond motifs is 1. The number of hydrogen-bond acceptors (Lipinski definition) is 3. The number of aryl methyl sites for hydroxylation is 1. The SMILES string of the molecule is O=C(CCc1ccccc1Cl)[C@]1(F)CC[C@H](O)c2ncccc21. The van der Waals surface area contributed by atoms with Crippen molar-refractivity contribution >= 4 is 17.4 Å². The largest absolute Gasteiger partial charge is 0.387 e. The Morgan fingerprint density at radius 3 is 2.91 bits per heavy atom. The van der Waals surface area contributed by atoms with Gasteiger partial charge in [0, 0.05) is 23.2 Å². The number of rotatable bonds is 4. The first-order chi connectivity index (χ1) is 11.0. The van der Waals surface area contributed by atoms with Crippen molar-refractivity contribution in [1.82, 2.24) is 4.98 Å². The summed E-state index contributed by atoms with van der Waals surface area (Å²) in [5.74, 6) is -0.487. The van der Waals surface area contributed by atoms with Gasteiger partial charge in [-0.1, -0.05) is 35.9 Å². The average Bonchev–Trinajstić information content (AvgIpc) is 2.57. The van der Waals surface area contributed by atoms with Gasteiger partial charge in [-0.3, -0.25) is 9.78 Å². The lowest BCUT2D eigenvalue weighted by Crippen LogP contribution is -2.36. The highest BCUT2D eigenvalue weighted by atomic mass is 35.5. The van der Waals surface area contributed by atoms with E-state index in [1.807, 2.05) is 18.2 Å². The van der Waals surface area contributed by atoms with Gasteiger partial charge >= 0.3 is 0 Å². The molecule has 5 heteroatoms. The van der Waals surface area contributed by atoms with Crippen LogP contribution in [0.4, 0.5) is 4.39 Å². The van der Waals surface area contributed by atoms with Crippen LogP contribution < -0.4 is 0 Å². The lowest BCUT2D eigenvalue weighted by molar-refractivity contribution is -0.133. The molecule has 1 aliphatic rings. The molecule has 1 N–H and O–H groups in total. The maximum absolute atomic E-state index is 15.4. The minimum Gasteiger partial charge on any atom is -0.387 e. The number of aromatic nitrogens is 1. The van der Waals surface area contributed by atoms with Gasteiger partial charge in [0.25, 0.3) is 0 Å². The number of carbonyl (C=O) groups excluding carboxylic acids is 1. The topological polar surface area (TPSA) is 50.2 Å². The molecule has 0 aliphatic heterocycles. The molecule has 1 aromatic carbocycles. The summed E-state index contributed by atoms with van der Waals surface area (Å²) in [6.07, 6.45) is 1.31. The van der Waals surface area contributed by atoms with Crippen LogP contribution in [0.25, 0.3) is 0 Å². The summed E-state index contributed by atoms with van der Waals surface area (Å²) in [6.45, 7) is 0. The quantitative estimate of drug-likeness (QED) is 0.922. The van der Waals surface area contributed by atoms with Crippen molar-refractivity contribution in [3.05, 3.63) is 64.4 Å². The van der Waals surface area contributed by atoms with E-state index in [4.69, 9.17) is 11.6 Å². The molecule has 0 radical (unpaired) electrons. The minimum absolute atomic E-state index is 0.0196. The lowest BCUT2D eigenvalue weighted by Gasteiger charge is -2.32. The number of carbonyl (C=O) groups is 1. The number of aliphatic hydroxyl groups is 1. The number of Topliss-reactive ketones (excluding diaryl/α,β-unsaturated/α-hetero) is 1. The highest BCUT2D eigenvalue weighted by Gasteiger charge is 2.45. The molecule has 2 atom stereocenters. The molecule has 1 aromatic heterocycles. The Morgan fingerprint density at radius 1 is 1.35 bits per heavy atom. The highest BCUT2D eigenvalue weighted by molar-refractivity contribution is 6.31. The van der Waals surface area contributed by atoms with Crippen molar-refractivity contribution in [3.8, 4) is 0 Å². The number of hydrogen-bond donors (Lipinski definition) is 1. The molecule has 0 saturated carbocycles. The zero-order valence-corrected chi connectivity index (χ0v) is 13.3. The molecule has 1 aliphatic carbocycles. The summed E-state index contributed by atoms with van der Waals surface area (Å²) in [5.41, 5.74) is -0.784. The molecular weight excluding hydrogens is 317 g/mol. The van der Waals surface area contributed by atoms with Crippen LogP contribution in [-0.4, -0.2) is 15.9 Å². The minimum atomic E-state index is -2.08. The molecule has 2 aromatic rings. The van der Waals surface area contributed by atoms with Gasteiger partial charge in [-0.2, -0.15) is 0 Å². The Hall–Kier alpha value is -1.78. The van der Waals surface area contributed by atoms with Crippen molar-refractivity contribution in [2.45, 2.75) is 37.5 Å². The maximum atomic E-state index is 15.4. The fraction of sp³-hybridized carbons (Fsp3) is 0.333. The van der Waals surface area contributed by atoms with Crippen LogP contribution in [0.3, 0.4) is 0 Å². The third-order valence-electron chi connectivity index (χ3n) is 4.36. The van der Waals surface area contributed by atoms with E-state index < -0.39 is 17.6 Å². The fourth-order valence-corrected chi connectivity index (χ4v) is 3.29. The number of halogens is 2. The molecule has 0 unspecified atom stereocenters. The van der Waals surface area contributed by atoms with Gasteiger partial charge in [0.2, 0.25) is 0 Å². The van der Waals surface area contributed by atoms with E-state index >= 15 is 4.39 Å². The first-order valence-electron chi connectivity index (χ1n) is 7.61. The number of benzene rings is 1. The van der Waals surface area contributed by atoms with Crippen molar-refractivity contribution in [2.75, 3.05) is 0 Å². The standard InChI is InChI=1S/C18H17ClFNO2/c19-14-6-2-1-4-12(14)7-8-16(23)18(20)10-9-15(22)17-13(18)5-3-11-21-17/h1-6,11,15,22H,7-10H2/t15-,18-/m0/s1. The Labute approximate surface area is 139 Å². The summed E-state index contributed by atoms with van der Waals surface area (Å²) in [7, 11) is 0. The highest BCUT2D eigenvalue weighted by Crippen LogP contribution is 2.43. The number of pyridine rings is 1. The Morgan fingerprint density at radius 2 is 2.13 bits per heavy atom. The summed E-state index contributed by atoms with van der Waals surface area (Å²) >= 11 is 6.08. The normalized spacial score (nSPS) is 23.3. The second-order valence-electron chi connectivity index (χ2n) is 5.81. The molecular formula is C18H17ClFNO2. The molecule has 0 amide bonds. The molecule has 3 rings (SSSR count). The second kappa shape index (κ2) is 6.38. The maximum Gasteiger partial charge on any atom is 0.195 e. The summed E-state index contributed by atoms with van der Waals surface area (Å²) in [4.78, 5) is 16.6. The number of nitrogens with zero attached hydrogens (tertiary/aromatic N) is 1. The summed E-state index contributed by atoms with van der Waals surface area (Å²) < 4.78 is 15.4. The van der Waals surface area contributed by atoms with Crippen molar-refractivity contribution in [2.24, 2.45) is 0 Å². The predicted molar refractivity (Wildman–Crippen MR) is 86.0 cm³/mol. The number of alkyl halides is 1. The van der Waals surface area contributed by atoms with E-state index in [2.05, 4.69) is 4.98 Å². The van der Waals surface area contributed by atoms with Crippen LogP contribution in [-0.2, 0) is 16.9 Å². The van der Waals surface area contributed by atoms with Gasteiger partial charge in [-0.15, -0.1) is 0 Å². The third-order valence-corrected chi connectivity index (χ3v) is 4.73. The van der Waals surface area contributed by atoms with Gasteiger partial charge in [-0.25, -0.2) is 4.39 Å². The third kappa shape index (κ3) is 3.01. The fourth-order valence-electron chi connectivity index (χ4n) is 3.06. The van der Waals surface area contributed by atoms with E-state index in [9.17, 15) is 9.90 Å². The van der Waals surface area contributed by atoms with Gasteiger partial charge in [0.05, 0.1) is 11.8 Å². The molecule has 0 spiro atoms. The second-order valence-corrected chi connectivity index (χ2v) is 6.21. The monoisotopic (exact) mass is 333 g/mol. The van der Waals surface area contributed by atoms with E-state index in [1.165, 1.54) is 12.3 Å². The zero-order chi connectivity index (χ0) is 16.4. The van der Waals surface area contributed by atoms with E-state index in [1.54, 1.807) is 12.1 Å². The smallest absolute Gasteiger partial charge is 0.195 e. The predicted octanol–water partition coefficient (Wildman–Crippen LogP) is 3.93. The van der Waals surface area contributed by atoms with Crippen molar-refractivity contribution < 1.29 is 14.3 Å². The Bertz CT molecular complexity index is 736. The number of ketones is 1. The molecule has 3 nitrogen and oxygen atoms in total. The van der Waals surface area contributed by atoms with E-state index in [0.29, 0.717) is 11.4 Å². The summed E-state index contributed by atoms with van der Waals surface area (Å²) in [6, 6.07) is 10.4. The average molecular weight is 334 g/mol. The number of aliphatic hydroxyl groups excluding tert-OH is 1. The van der Waals surface area contributed by atoms with Crippen LogP contribution in [0.1, 0.15) is 42.2 Å². The zero-order valence-electron chi connectivity index (χ0n) is 12.5. The molecule has 120 valence electrons. The van der Waals surface area contributed by atoms with Gasteiger partial charge in [-0.05, 0) is 37.0 Å². The van der Waals surface area contributed by atoms with Gasteiger partial charge < -0.3 is 5.11 Å². The Kier molecular flexibility index (Phi) is 4.46. The van der Waals surface area contributed by atoms with Crippen LogP contribution >= 0.6 is 11.6 Å². The van der Waals surface area contributed by atoms with Crippen molar-refractivity contribution in [1.29, 1.82) is 0 Å².